The first-order valence-corrected chi connectivity index (χ1v) is 3.79. The van der Waals surface area contributed by atoms with Gasteiger partial charge in [-0.1, -0.05) is 12.1 Å². The second-order valence-electron chi connectivity index (χ2n) is 2.79. The zero-order valence-corrected chi connectivity index (χ0v) is 6.70. The number of hydrogen-bond acceptors (Lipinski definition) is 3. The normalized spacial score (nSPS) is 13.7. The van der Waals surface area contributed by atoms with E-state index in [4.69, 9.17) is 5.41 Å². The van der Waals surface area contributed by atoms with E-state index in [0.717, 1.165) is 0 Å². The highest BCUT2D eigenvalue weighted by Gasteiger charge is 2.24. The van der Waals surface area contributed by atoms with Crippen molar-refractivity contribution in [3.63, 3.8) is 0 Å². The predicted octanol–water partition coefficient (Wildman–Crippen LogP) is 1.02. The van der Waals surface area contributed by atoms with Crippen molar-refractivity contribution in [1.29, 1.82) is 5.41 Å². The first-order chi connectivity index (χ1) is 6.20. The minimum Gasteiger partial charge on any atom is -0.366 e. The van der Waals surface area contributed by atoms with Gasteiger partial charge in [0.05, 0.1) is 10.5 Å². The Hall–Kier alpha value is -1.91. The molecule has 66 valence electrons. The summed E-state index contributed by atoms with van der Waals surface area (Å²) in [5.41, 5.74) is 1.33. The Kier molecular flexibility index (Phi) is 1.51. The van der Waals surface area contributed by atoms with Crippen LogP contribution >= 0.6 is 0 Å². The van der Waals surface area contributed by atoms with Crippen molar-refractivity contribution in [2.45, 2.75) is 6.54 Å². The predicted molar refractivity (Wildman–Crippen MR) is 46.8 cm³/mol. The highest BCUT2D eigenvalue weighted by atomic mass is 16.6. The molecule has 13 heavy (non-hydrogen) atoms. The molecule has 0 fully saturated rings. The maximum Gasteiger partial charge on any atom is 0.275 e. The average Bonchev–Trinajstić information content (AvgIpc) is 2.48. The summed E-state index contributed by atoms with van der Waals surface area (Å²) in [5, 5.41) is 20.8. The summed E-state index contributed by atoms with van der Waals surface area (Å²) in [6.07, 6.45) is 0. The SMILES string of the molecule is N=C1NCc2c1cccc2[N+](=O)[O-]. The molecular weight excluding hydrogens is 170 g/mol. The lowest BCUT2D eigenvalue weighted by atomic mass is 10.1. The number of benzene rings is 1. The Balaban J connectivity index is 2.63. The zero-order valence-electron chi connectivity index (χ0n) is 6.70. The van der Waals surface area contributed by atoms with Gasteiger partial charge in [-0.2, -0.15) is 0 Å². The molecule has 0 amide bonds. The molecule has 1 aliphatic heterocycles. The number of nitrogens with zero attached hydrogens (tertiary/aromatic N) is 1. The number of nitrogens with one attached hydrogen (secondary N) is 2. The van der Waals surface area contributed by atoms with Crippen LogP contribution in [0, 0.1) is 15.5 Å². The van der Waals surface area contributed by atoms with E-state index in [9.17, 15) is 10.1 Å². The summed E-state index contributed by atoms with van der Waals surface area (Å²) in [6.45, 7) is 0.380. The van der Waals surface area contributed by atoms with Crippen LogP contribution in [-0.4, -0.2) is 10.8 Å². The first kappa shape index (κ1) is 7.72. The Morgan fingerprint density at radius 3 is 3.00 bits per heavy atom. The molecule has 0 unspecified atom stereocenters. The number of amidine groups is 1. The zero-order chi connectivity index (χ0) is 9.42. The van der Waals surface area contributed by atoms with Crippen LogP contribution in [-0.2, 0) is 6.54 Å². The number of nitro benzene ring substituents is 1. The Labute approximate surface area is 74.0 Å². The lowest BCUT2D eigenvalue weighted by Gasteiger charge is -1.97. The third-order valence-corrected chi connectivity index (χ3v) is 2.06. The van der Waals surface area contributed by atoms with E-state index in [1.165, 1.54) is 6.07 Å². The standard InChI is InChI=1S/C8H7N3O2/c9-8-5-2-1-3-7(11(12)13)6(5)4-10-8/h1-3H,4H2,(H2,9,10). The molecule has 1 aromatic carbocycles. The van der Waals surface area contributed by atoms with Gasteiger partial charge in [0, 0.05) is 18.2 Å². The van der Waals surface area contributed by atoms with E-state index in [-0.39, 0.29) is 11.5 Å². The van der Waals surface area contributed by atoms with Crippen LogP contribution in [0.3, 0.4) is 0 Å². The van der Waals surface area contributed by atoms with Crippen LogP contribution < -0.4 is 5.32 Å². The molecule has 1 aliphatic rings. The van der Waals surface area contributed by atoms with Crippen LogP contribution in [0.4, 0.5) is 5.69 Å². The summed E-state index contributed by atoms with van der Waals surface area (Å²) in [5.74, 6) is 0.263. The molecule has 5 heteroatoms. The van der Waals surface area contributed by atoms with Crippen LogP contribution in [0.5, 0.6) is 0 Å². The summed E-state index contributed by atoms with van der Waals surface area (Å²) in [6, 6.07) is 4.77. The molecule has 0 aromatic heterocycles. The van der Waals surface area contributed by atoms with Gasteiger partial charge in [0.15, 0.2) is 0 Å². The Bertz CT molecular complexity index is 400. The van der Waals surface area contributed by atoms with Crippen molar-refractivity contribution in [1.82, 2.24) is 5.32 Å². The fourth-order valence-electron chi connectivity index (χ4n) is 1.44. The van der Waals surface area contributed by atoms with Gasteiger partial charge in [0.1, 0.15) is 5.84 Å². The van der Waals surface area contributed by atoms with E-state index in [2.05, 4.69) is 5.32 Å². The third kappa shape index (κ3) is 1.05. The molecule has 2 N–H and O–H groups in total. The lowest BCUT2D eigenvalue weighted by Crippen LogP contribution is -2.12. The molecule has 0 aliphatic carbocycles. The van der Waals surface area contributed by atoms with E-state index < -0.39 is 4.92 Å². The van der Waals surface area contributed by atoms with Gasteiger partial charge in [-0.3, -0.25) is 15.5 Å². The van der Waals surface area contributed by atoms with Crippen molar-refractivity contribution in [2.24, 2.45) is 0 Å². The fourth-order valence-corrected chi connectivity index (χ4v) is 1.44. The number of rotatable bonds is 1. The number of fused-ring (bicyclic) bond motifs is 1. The van der Waals surface area contributed by atoms with E-state index in [1.54, 1.807) is 12.1 Å². The maximum absolute atomic E-state index is 10.6. The Morgan fingerprint density at radius 1 is 1.54 bits per heavy atom. The summed E-state index contributed by atoms with van der Waals surface area (Å²) >= 11 is 0. The van der Waals surface area contributed by atoms with Crippen molar-refractivity contribution in [3.8, 4) is 0 Å². The second-order valence-corrected chi connectivity index (χ2v) is 2.79. The number of nitro groups is 1. The fraction of sp³-hybridized carbons (Fsp3) is 0.125. The molecule has 0 atom stereocenters. The summed E-state index contributed by atoms with van der Waals surface area (Å²) in [4.78, 5) is 10.2. The summed E-state index contributed by atoms with van der Waals surface area (Å²) < 4.78 is 0. The topological polar surface area (TPSA) is 79.0 Å². The van der Waals surface area contributed by atoms with Gasteiger partial charge in [0.2, 0.25) is 0 Å². The molecule has 0 radical (unpaired) electrons. The molecule has 1 heterocycles. The van der Waals surface area contributed by atoms with Gasteiger partial charge in [0.25, 0.3) is 5.69 Å². The van der Waals surface area contributed by atoms with Crippen LogP contribution in [0.25, 0.3) is 0 Å². The van der Waals surface area contributed by atoms with Crippen molar-refractivity contribution in [2.75, 3.05) is 0 Å². The molecule has 0 spiro atoms. The van der Waals surface area contributed by atoms with Gasteiger partial charge in [-0.25, -0.2) is 0 Å². The quantitative estimate of drug-likeness (QED) is 0.496. The monoisotopic (exact) mass is 177 g/mol. The van der Waals surface area contributed by atoms with Gasteiger partial charge < -0.3 is 5.32 Å². The van der Waals surface area contributed by atoms with E-state index in [1.807, 2.05) is 0 Å². The number of hydrogen-bond donors (Lipinski definition) is 2. The molecule has 0 saturated heterocycles. The summed E-state index contributed by atoms with van der Waals surface area (Å²) in [7, 11) is 0. The minimum absolute atomic E-state index is 0.0900. The van der Waals surface area contributed by atoms with E-state index >= 15 is 0 Å². The van der Waals surface area contributed by atoms with Crippen LogP contribution in [0.2, 0.25) is 0 Å². The van der Waals surface area contributed by atoms with Crippen molar-refractivity contribution < 1.29 is 4.92 Å². The average molecular weight is 177 g/mol. The minimum atomic E-state index is -0.418. The van der Waals surface area contributed by atoms with Gasteiger partial charge in [-0.15, -0.1) is 0 Å². The largest absolute Gasteiger partial charge is 0.366 e. The molecule has 5 nitrogen and oxygen atoms in total. The second kappa shape index (κ2) is 2.55. The van der Waals surface area contributed by atoms with Gasteiger partial charge >= 0.3 is 0 Å². The highest BCUT2D eigenvalue weighted by Crippen LogP contribution is 2.25. The molecule has 1 aromatic rings. The van der Waals surface area contributed by atoms with Crippen LogP contribution in [0.1, 0.15) is 11.1 Å². The van der Waals surface area contributed by atoms with E-state index in [0.29, 0.717) is 17.7 Å². The van der Waals surface area contributed by atoms with Crippen molar-refractivity contribution >= 4 is 11.5 Å². The molecular formula is C8H7N3O2. The lowest BCUT2D eigenvalue weighted by molar-refractivity contribution is -0.385. The maximum atomic E-state index is 10.6. The van der Waals surface area contributed by atoms with Crippen molar-refractivity contribution in [3.05, 3.63) is 39.4 Å². The highest BCUT2D eigenvalue weighted by molar-refractivity contribution is 6.01. The van der Waals surface area contributed by atoms with Crippen LogP contribution in [0.15, 0.2) is 18.2 Å². The van der Waals surface area contributed by atoms with Gasteiger partial charge in [-0.05, 0) is 0 Å². The molecule has 0 saturated carbocycles. The first-order valence-electron chi connectivity index (χ1n) is 3.79. The molecule has 2 rings (SSSR count). The smallest absolute Gasteiger partial charge is 0.275 e. The Morgan fingerprint density at radius 2 is 2.31 bits per heavy atom. The molecule has 0 bridgehead atoms. The third-order valence-electron chi connectivity index (χ3n) is 2.06.